The second-order valence-electron chi connectivity index (χ2n) is 16.0. The molecule has 9 aromatic carbocycles. The lowest BCUT2D eigenvalue weighted by atomic mass is 9.65. The summed E-state index contributed by atoms with van der Waals surface area (Å²) >= 11 is 0. The smallest absolute Gasteiger partial charge is 0.0728 e. The topological polar surface area (TPSA) is 14.8 Å². The molecular weight excluding hydrogens is 703 g/mol. The molecule has 0 amide bonds. The van der Waals surface area contributed by atoms with Crippen LogP contribution in [0.3, 0.4) is 0 Å². The van der Waals surface area contributed by atoms with Crippen LogP contribution in [0.15, 0.2) is 200 Å². The lowest BCUT2D eigenvalue weighted by Gasteiger charge is -2.36. The summed E-state index contributed by atoms with van der Waals surface area (Å²) in [6.45, 7) is 0. The molecule has 3 heterocycles. The number of rotatable bonds is 3. The predicted molar refractivity (Wildman–Crippen MR) is 240 cm³/mol. The highest BCUT2D eigenvalue weighted by Crippen LogP contribution is 2.62. The van der Waals surface area contributed by atoms with E-state index in [1.807, 2.05) is 0 Å². The molecule has 2 aliphatic rings. The minimum absolute atomic E-state index is 0.644. The van der Waals surface area contributed by atoms with Gasteiger partial charge in [-0.25, -0.2) is 0 Å². The maximum absolute atomic E-state index is 2.50. The summed E-state index contributed by atoms with van der Waals surface area (Å²) in [5, 5.41) is 7.88. The van der Waals surface area contributed by atoms with E-state index in [1.165, 1.54) is 104 Å². The van der Waals surface area contributed by atoms with Crippen LogP contribution in [0.1, 0.15) is 22.3 Å². The van der Waals surface area contributed by atoms with Crippen LogP contribution in [0.25, 0.3) is 93.6 Å². The van der Waals surface area contributed by atoms with Crippen molar-refractivity contribution in [3.8, 4) is 28.2 Å². The van der Waals surface area contributed by atoms with E-state index in [0.717, 1.165) is 11.4 Å². The Balaban J connectivity index is 1.28. The highest BCUT2D eigenvalue weighted by atomic mass is 15.0. The highest BCUT2D eigenvalue weighted by molar-refractivity contribution is 6.27. The van der Waals surface area contributed by atoms with Gasteiger partial charge in [0.25, 0.3) is 0 Å². The molecule has 0 bridgehead atoms. The Hall–Kier alpha value is -7.62. The van der Waals surface area contributed by atoms with E-state index in [4.69, 9.17) is 0 Å². The van der Waals surface area contributed by atoms with Gasteiger partial charge in [-0.15, -0.1) is 0 Å². The van der Waals surface area contributed by atoms with Crippen molar-refractivity contribution in [1.82, 2.24) is 13.7 Å². The van der Waals surface area contributed by atoms with Crippen molar-refractivity contribution in [2.75, 3.05) is 0 Å². The fraction of sp³-hybridized carbons (Fsp3) is 0.0182. The van der Waals surface area contributed by atoms with E-state index in [9.17, 15) is 0 Å². The Kier molecular flexibility index (Phi) is 5.70. The van der Waals surface area contributed by atoms with Gasteiger partial charge in [0, 0.05) is 49.4 Å². The van der Waals surface area contributed by atoms with E-state index in [-0.39, 0.29) is 0 Å². The minimum atomic E-state index is -0.644. The minimum Gasteiger partial charge on any atom is -0.309 e. The molecule has 1 spiro atoms. The zero-order chi connectivity index (χ0) is 37.7. The van der Waals surface area contributed by atoms with Crippen LogP contribution in [0.2, 0.25) is 0 Å². The number of benzene rings is 9. The molecule has 12 aromatic rings. The van der Waals surface area contributed by atoms with Crippen molar-refractivity contribution < 1.29 is 0 Å². The Morgan fingerprint density at radius 3 is 0.793 bits per heavy atom. The van der Waals surface area contributed by atoms with Crippen molar-refractivity contribution in [2.45, 2.75) is 5.41 Å². The summed E-state index contributed by atoms with van der Waals surface area (Å²) in [6.07, 6.45) is 0. The molecule has 58 heavy (non-hydrogen) atoms. The molecule has 0 aliphatic heterocycles. The summed E-state index contributed by atoms with van der Waals surface area (Å²) < 4.78 is 7.46. The maximum Gasteiger partial charge on any atom is 0.0728 e. The SMILES string of the molecule is c1ccc(-n2c3cccc4c3c3c(cccc32)C2(c3cccc5c3c3c-4cccc3n5-c3ccccc3)c3cccc4c3c3c2cccc3n4-c2ccccc2)cc1. The molecule has 2 aliphatic carbocycles. The van der Waals surface area contributed by atoms with Gasteiger partial charge in [-0.2, -0.15) is 0 Å². The Bertz CT molecular complexity index is 3490. The standard InChI is InChI=1S/C55H33N3/c1-4-16-34(17-5-1)56-43-28-10-22-37-38-23-11-29-44-50(38)52-40(25-13-31-46(52)57(44)35-18-6-2-7-19-35)55(39-24-12-30-45(56)51(39)49(37)43)41-26-14-32-47-53(41)54-42(55)27-15-33-48(54)58(47)36-20-8-3-9-21-36/h1-33H. The number of nitrogens with zero attached hydrogens (tertiary/aromatic N) is 3. The van der Waals surface area contributed by atoms with Gasteiger partial charge in [0.1, 0.15) is 0 Å². The van der Waals surface area contributed by atoms with Gasteiger partial charge in [0.15, 0.2) is 0 Å². The third-order valence-corrected chi connectivity index (χ3v) is 13.4. The summed E-state index contributed by atoms with van der Waals surface area (Å²) in [7, 11) is 0. The molecule has 0 saturated heterocycles. The second kappa shape index (κ2) is 10.8. The van der Waals surface area contributed by atoms with Crippen LogP contribution in [-0.4, -0.2) is 13.7 Å². The average molecular weight is 736 g/mol. The maximum atomic E-state index is 2.50. The van der Waals surface area contributed by atoms with Gasteiger partial charge in [-0.3, -0.25) is 0 Å². The second-order valence-corrected chi connectivity index (χ2v) is 16.0. The van der Waals surface area contributed by atoms with Gasteiger partial charge >= 0.3 is 0 Å². The van der Waals surface area contributed by atoms with E-state index in [1.54, 1.807) is 0 Å². The molecule has 0 radical (unpaired) electrons. The fourth-order valence-electron chi connectivity index (χ4n) is 11.5. The first-order chi connectivity index (χ1) is 28.8. The fourth-order valence-corrected chi connectivity index (χ4v) is 11.5. The molecule has 0 saturated carbocycles. The first kappa shape index (κ1) is 30.6. The average Bonchev–Trinajstić information content (AvgIpc) is 4.02. The normalized spacial score (nSPS) is 13.7. The molecule has 3 aromatic heterocycles. The van der Waals surface area contributed by atoms with E-state index in [0.29, 0.717) is 0 Å². The number of aromatic nitrogens is 3. The number of fused-ring (bicyclic) bond motifs is 5. The van der Waals surface area contributed by atoms with E-state index in [2.05, 4.69) is 214 Å². The molecule has 0 atom stereocenters. The molecule has 3 nitrogen and oxygen atoms in total. The van der Waals surface area contributed by atoms with Crippen LogP contribution in [0.5, 0.6) is 0 Å². The first-order valence-corrected chi connectivity index (χ1v) is 20.2. The Morgan fingerprint density at radius 1 is 0.224 bits per heavy atom. The third kappa shape index (κ3) is 3.49. The van der Waals surface area contributed by atoms with Crippen LogP contribution >= 0.6 is 0 Å². The molecule has 0 fully saturated rings. The lowest BCUT2D eigenvalue weighted by molar-refractivity contribution is 0.787. The quantitative estimate of drug-likeness (QED) is 0.172. The van der Waals surface area contributed by atoms with Crippen LogP contribution < -0.4 is 0 Å². The first-order valence-electron chi connectivity index (χ1n) is 20.2. The number of hydrogen-bond acceptors (Lipinski definition) is 0. The van der Waals surface area contributed by atoms with Gasteiger partial charge in [-0.05, 0) is 106 Å². The zero-order valence-corrected chi connectivity index (χ0v) is 31.4. The zero-order valence-electron chi connectivity index (χ0n) is 31.4. The largest absolute Gasteiger partial charge is 0.309 e. The molecule has 3 heteroatoms. The Morgan fingerprint density at radius 2 is 0.483 bits per heavy atom. The van der Waals surface area contributed by atoms with Crippen molar-refractivity contribution in [3.63, 3.8) is 0 Å². The molecule has 0 unspecified atom stereocenters. The van der Waals surface area contributed by atoms with Crippen molar-refractivity contribution in [2.24, 2.45) is 0 Å². The number of para-hydroxylation sites is 3. The van der Waals surface area contributed by atoms with Gasteiger partial charge < -0.3 is 13.7 Å². The van der Waals surface area contributed by atoms with E-state index < -0.39 is 5.41 Å². The van der Waals surface area contributed by atoms with E-state index >= 15 is 0 Å². The summed E-state index contributed by atoms with van der Waals surface area (Å²) in [6, 6.07) is 74.9. The van der Waals surface area contributed by atoms with Crippen LogP contribution in [-0.2, 0) is 5.41 Å². The van der Waals surface area contributed by atoms with Gasteiger partial charge in [0.05, 0.1) is 38.5 Å². The van der Waals surface area contributed by atoms with Crippen LogP contribution in [0, 0.1) is 0 Å². The summed E-state index contributed by atoms with van der Waals surface area (Å²) in [4.78, 5) is 0. The van der Waals surface area contributed by atoms with Crippen LogP contribution in [0.4, 0.5) is 0 Å². The Labute approximate surface area is 333 Å². The molecule has 268 valence electrons. The molecular formula is C55H33N3. The van der Waals surface area contributed by atoms with Gasteiger partial charge in [-0.1, -0.05) is 127 Å². The third-order valence-electron chi connectivity index (χ3n) is 13.4. The number of hydrogen-bond donors (Lipinski definition) is 0. The van der Waals surface area contributed by atoms with Crippen molar-refractivity contribution in [1.29, 1.82) is 0 Å². The summed E-state index contributed by atoms with van der Waals surface area (Å²) in [5.41, 5.74) is 18.0. The molecule has 0 N–H and O–H groups in total. The van der Waals surface area contributed by atoms with Crippen molar-refractivity contribution in [3.05, 3.63) is 222 Å². The summed E-state index contributed by atoms with van der Waals surface area (Å²) in [5.74, 6) is 0. The lowest BCUT2D eigenvalue weighted by Crippen LogP contribution is -2.29. The van der Waals surface area contributed by atoms with Crippen molar-refractivity contribution >= 4 is 65.4 Å². The monoisotopic (exact) mass is 735 g/mol. The van der Waals surface area contributed by atoms with Gasteiger partial charge in [0.2, 0.25) is 0 Å². The molecule has 14 rings (SSSR count). The highest BCUT2D eigenvalue weighted by Gasteiger charge is 2.49. The predicted octanol–water partition coefficient (Wildman–Crippen LogP) is 13.7.